The first kappa shape index (κ1) is 13.7. The van der Waals surface area contributed by atoms with E-state index >= 15 is 0 Å². The molecule has 0 bridgehead atoms. The third-order valence-electron chi connectivity index (χ3n) is 3.27. The van der Waals surface area contributed by atoms with Crippen molar-refractivity contribution >= 4 is 29.3 Å². The molecule has 1 aliphatic heterocycles. The van der Waals surface area contributed by atoms with Gasteiger partial charge < -0.3 is 10.0 Å². The molecule has 0 saturated carbocycles. The van der Waals surface area contributed by atoms with Gasteiger partial charge in [-0.15, -0.1) is 11.3 Å². The normalized spacial score (nSPS) is 23.2. The highest BCUT2D eigenvalue weighted by molar-refractivity contribution is 7.09. The molecule has 5 nitrogen and oxygen atoms in total. The number of aryl methyl sites for hydroxylation is 1. The molecule has 0 unspecified atom stereocenters. The zero-order valence-electron chi connectivity index (χ0n) is 10.9. The van der Waals surface area contributed by atoms with Crippen LogP contribution in [0.5, 0.6) is 0 Å². The summed E-state index contributed by atoms with van der Waals surface area (Å²) in [6.07, 6.45) is 3.13. The number of aliphatic carboxylic acids is 1. The van der Waals surface area contributed by atoms with E-state index in [0.29, 0.717) is 6.54 Å². The molecule has 1 amide bonds. The van der Waals surface area contributed by atoms with E-state index in [9.17, 15) is 9.59 Å². The summed E-state index contributed by atoms with van der Waals surface area (Å²) in [6, 6.07) is 0. The van der Waals surface area contributed by atoms with Gasteiger partial charge in [0.25, 0.3) is 0 Å². The molecular weight excluding hydrogens is 264 g/mol. The van der Waals surface area contributed by atoms with Crippen LogP contribution in [-0.4, -0.2) is 40.0 Å². The van der Waals surface area contributed by atoms with Gasteiger partial charge in [0.1, 0.15) is 0 Å². The van der Waals surface area contributed by atoms with Crippen LogP contribution in [0.4, 0.5) is 0 Å². The third kappa shape index (κ3) is 3.20. The second-order valence-corrected chi connectivity index (χ2v) is 5.85. The molecule has 2 heterocycles. The first-order valence-electron chi connectivity index (χ1n) is 6.09. The number of carbonyl (C=O) groups is 2. The van der Waals surface area contributed by atoms with E-state index in [0.717, 1.165) is 10.7 Å². The molecule has 2 atom stereocenters. The van der Waals surface area contributed by atoms with Gasteiger partial charge in [0.2, 0.25) is 5.91 Å². The monoisotopic (exact) mass is 280 g/mol. The first-order chi connectivity index (χ1) is 8.97. The molecule has 1 N–H and O–H groups in total. The van der Waals surface area contributed by atoms with Crippen molar-refractivity contribution in [2.45, 2.75) is 13.8 Å². The van der Waals surface area contributed by atoms with Gasteiger partial charge in [-0.2, -0.15) is 0 Å². The summed E-state index contributed by atoms with van der Waals surface area (Å²) >= 11 is 1.53. The van der Waals surface area contributed by atoms with Crippen LogP contribution < -0.4 is 0 Å². The highest BCUT2D eigenvalue weighted by Gasteiger charge is 2.36. The number of carboxylic acid groups (broad SMARTS) is 1. The summed E-state index contributed by atoms with van der Waals surface area (Å²) in [5.41, 5.74) is 0.762. The van der Waals surface area contributed by atoms with Gasteiger partial charge in [0, 0.05) is 24.5 Å². The van der Waals surface area contributed by atoms with E-state index < -0.39 is 11.9 Å². The van der Waals surface area contributed by atoms with Crippen molar-refractivity contribution in [3.63, 3.8) is 0 Å². The van der Waals surface area contributed by atoms with Gasteiger partial charge >= 0.3 is 5.97 Å². The second kappa shape index (κ2) is 5.52. The number of amides is 1. The number of likely N-dealkylation sites (tertiary alicyclic amines) is 1. The Labute approximate surface area is 115 Å². The van der Waals surface area contributed by atoms with Gasteiger partial charge in [-0.25, -0.2) is 4.98 Å². The lowest BCUT2D eigenvalue weighted by molar-refractivity contribution is -0.142. The van der Waals surface area contributed by atoms with Crippen LogP contribution in [0.2, 0.25) is 0 Å². The molecule has 0 spiro atoms. The fourth-order valence-corrected chi connectivity index (χ4v) is 2.77. The van der Waals surface area contributed by atoms with Crippen LogP contribution in [0.3, 0.4) is 0 Å². The van der Waals surface area contributed by atoms with Gasteiger partial charge in [-0.1, -0.05) is 6.92 Å². The summed E-state index contributed by atoms with van der Waals surface area (Å²) in [6.45, 7) is 4.55. The highest BCUT2D eigenvalue weighted by atomic mass is 32.1. The van der Waals surface area contributed by atoms with Gasteiger partial charge in [0.05, 0.1) is 16.6 Å². The molecule has 1 saturated heterocycles. The Morgan fingerprint density at radius 2 is 2.26 bits per heavy atom. The van der Waals surface area contributed by atoms with Crippen molar-refractivity contribution in [2.24, 2.45) is 11.8 Å². The summed E-state index contributed by atoms with van der Waals surface area (Å²) in [5, 5.41) is 11.9. The van der Waals surface area contributed by atoms with Gasteiger partial charge in [-0.05, 0) is 18.9 Å². The molecule has 1 aromatic rings. The van der Waals surface area contributed by atoms with E-state index in [1.165, 1.54) is 17.4 Å². The molecule has 0 aromatic carbocycles. The van der Waals surface area contributed by atoms with Crippen molar-refractivity contribution < 1.29 is 14.7 Å². The van der Waals surface area contributed by atoms with Crippen molar-refractivity contribution in [3.8, 4) is 0 Å². The number of hydrogen-bond acceptors (Lipinski definition) is 4. The van der Waals surface area contributed by atoms with E-state index in [2.05, 4.69) is 4.98 Å². The lowest BCUT2D eigenvalue weighted by atomic mass is 9.99. The van der Waals surface area contributed by atoms with Crippen LogP contribution in [0.1, 0.15) is 17.6 Å². The summed E-state index contributed by atoms with van der Waals surface area (Å²) in [7, 11) is 0. The maximum atomic E-state index is 12.0. The number of carbonyl (C=O) groups excluding carboxylic acids is 1. The molecule has 1 fully saturated rings. The Morgan fingerprint density at radius 1 is 1.53 bits per heavy atom. The van der Waals surface area contributed by atoms with Gasteiger partial charge in [0.15, 0.2) is 0 Å². The highest BCUT2D eigenvalue weighted by Crippen LogP contribution is 2.23. The standard InChI is InChI=1S/C13H16N2O3S/c1-8-5-15(6-11(8)13(17)18)12(16)4-3-10-7-19-9(2)14-10/h3-4,7-8,11H,5-6H2,1-2H3,(H,17,18)/b4-3+/t8-,11-/m1/s1. The van der Waals surface area contributed by atoms with Crippen LogP contribution in [0.15, 0.2) is 11.5 Å². The molecule has 2 rings (SSSR count). The van der Waals surface area contributed by atoms with Crippen molar-refractivity contribution in [3.05, 3.63) is 22.2 Å². The second-order valence-electron chi connectivity index (χ2n) is 4.79. The fourth-order valence-electron chi connectivity index (χ4n) is 2.19. The van der Waals surface area contributed by atoms with Gasteiger partial charge in [-0.3, -0.25) is 9.59 Å². The zero-order chi connectivity index (χ0) is 14.0. The topological polar surface area (TPSA) is 70.5 Å². The lowest BCUT2D eigenvalue weighted by Gasteiger charge is -2.12. The smallest absolute Gasteiger partial charge is 0.308 e. The number of nitrogens with zero attached hydrogens (tertiary/aromatic N) is 2. The lowest BCUT2D eigenvalue weighted by Crippen LogP contribution is -2.28. The van der Waals surface area contributed by atoms with Crippen LogP contribution in [-0.2, 0) is 9.59 Å². The fraction of sp³-hybridized carbons (Fsp3) is 0.462. The average molecular weight is 280 g/mol. The number of carboxylic acids is 1. The van der Waals surface area contributed by atoms with E-state index in [4.69, 9.17) is 5.11 Å². The maximum absolute atomic E-state index is 12.0. The number of hydrogen-bond donors (Lipinski definition) is 1. The largest absolute Gasteiger partial charge is 0.481 e. The average Bonchev–Trinajstić information content (AvgIpc) is 2.92. The zero-order valence-corrected chi connectivity index (χ0v) is 11.7. The summed E-state index contributed by atoms with van der Waals surface area (Å²) in [5.74, 6) is -1.45. The number of rotatable bonds is 3. The number of thiazole rings is 1. The maximum Gasteiger partial charge on any atom is 0.308 e. The van der Waals surface area contributed by atoms with Crippen molar-refractivity contribution in [1.29, 1.82) is 0 Å². The van der Waals surface area contributed by atoms with Crippen molar-refractivity contribution in [2.75, 3.05) is 13.1 Å². The molecule has 0 aliphatic carbocycles. The molecule has 1 aliphatic rings. The molecule has 6 heteroatoms. The van der Waals surface area contributed by atoms with E-state index in [1.807, 2.05) is 19.2 Å². The molecule has 1 aromatic heterocycles. The predicted molar refractivity (Wildman–Crippen MR) is 72.8 cm³/mol. The Morgan fingerprint density at radius 3 is 2.79 bits per heavy atom. The third-order valence-corrected chi connectivity index (χ3v) is 4.07. The minimum Gasteiger partial charge on any atom is -0.481 e. The van der Waals surface area contributed by atoms with E-state index in [1.54, 1.807) is 11.0 Å². The quantitative estimate of drug-likeness (QED) is 0.855. The molecule has 19 heavy (non-hydrogen) atoms. The summed E-state index contributed by atoms with van der Waals surface area (Å²) < 4.78 is 0. The first-order valence-corrected chi connectivity index (χ1v) is 6.97. The molecular formula is C13H16N2O3S. The van der Waals surface area contributed by atoms with E-state index in [-0.39, 0.29) is 18.4 Å². The van der Waals surface area contributed by atoms with Crippen LogP contribution in [0.25, 0.3) is 6.08 Å². The Kier molecular flexibility index (Phi) is 3.99. The Balaban J connectivity index is 1.98. The molecule has 0 radical (unpaired) electrons. The summed E-state index contributed by atoms with van der Waals surface area (Å²) in [4.78, 5) is 28.8. The van der Waals surface area contributed by atoms with Crippen molar-refractivity contribution in [1.82, 2.24) is 9.88 Å². The minimum absolute atomic E-state index is 0.00336. The van der Waals surface area contributed by atoms with Crippen LogP contribution in [0, 0.1) is 18.8 Å². The Bertz CT molecular complexity index is 524. The molecule has 102 valence electrons. The minimum atomic E-state index is -0.832. The predicted octanol–water partition coefficient (Wildman–Crippen LogP) is 1.64. The SMILES string of the molecule is Cc1nc(/C=C/C(=O)N2C[C@@H](C)[C@H](C(=O)O)C2)cs1. The van der Waals surface area contributed by atoms with Crippen LogP contribution >= 0.6 is 11.3 Å². The number of aromatic nitrogens is 1. The Hall–Kier alpha value is -1.69.